The highest BCUT2D eigenvalue weighted by molar-refractivity contribution is 4.77. The standard InChI is InChI=1S/C16H32O/c1-4-9-15(16(17)13(3)5-2)12-14-10-7-6-8-11-14/h13-17H,4-12H2,1-3H3. The molecule has 1 heteroatoms. The highest BCUT2D eigenvalue weighted by Gasteiger charge is 2.26. The van der Waals surface area contributed by atoms with E-state index < -0.39 is 0 Å². The van der Waals surface area contributed by atoms with Crippen LogP contribution in [0.2, 0.25) is 0 Å². The fraction of sp³-hybridized carbons (Fsp3) is 1.00. The predicted molar refractivity (Wildman–Crippen MR) is 75.1 cm³/mol. The van der Waals surface area contributed by atoms with Gasteiger partial charge in [-0.3, -0.25) is 0 Å². The first-order valence-corrected chi connectivity index (χ1v) is 7.87. The molecule has 0 heterocycles. The quantitative estimate of drug-likeness (QED) is 0.679. The fourth-order valence-corrected chi connectivity index (χ4v) is 3.36. The molecule has 17 heavy (non-hydrogen) atoms. The summed E-state index contributed by atoms with van der Waals surface area (Å²) in [5.74, 6) is 1.92. The van der Waals surface area contributed by atoms with Crippen molar-refractivity contribution in [2.45, 2.75) is 84.7 Å². The Morgan fingerprint density at radius 2 is 1.76 bits per heavy atom. The molecule has 0 aromatic carbocycles. The van der Waals surface area contributed by atoms with E-state index in [0.717, 1.165) is 12.3 Å². The molecule has 1 saturated carbocycles. The van der Waals surface area contributed by atoms with E-state index in [-0.39, 0.29) is 6.10 Å². The van der Waals surface area contributed by atoms with E-state index in [1.807, 2.05) is 0 Å². The minimum atomic E-state index is -0.0677. The minimum Gasteiger partial charge on any atom is -0.393 e. The largest absolute Gasteiger partial charge is 0.393 e. The molecule has 0 aromatic rings. The van der Waals surface area contributed by atoms with E-state index in [1.165, 1.54) is 51.4 Å². The number of rotatable bonds is 7. The van der Waals surface area contributed by atoms with Crippen LogP contribution in [0.1, 0.15) is 78.6 Å². The molecule has 1 nitrogen and oxygen atoms in total. The van der Waals surface area contributed by atoms with Crippen LogP contribution in [0.4, 0.5) is 0 Å². The van der Waals surface area contributed by atoms with Crippen molar-refractivity contribution < 1.29 is 5.11 Å². The van der Waals surface area contributed by atoms with Crippen molar-refractivity contribution in [1.29, 1.82) is 0 Å². The summed E-state index contributed by atoms with van der Waals surface area (Å²) < 4.78 is 0. The topological polar surface area (TPSA) is 20.2 Å². The monoisotopic (exact) mass is 240 g/mol. The lowest BCUT2D eigenvalue weighted by Crippen LogP contribution is -2.29. The summed E-state index contributed by atoms with van der Waals surface area (Å²) in [6, 6.07) is 0. The average Bonchev–Trinajstić information content (AvgIpc) is 2.37. The Kier molecular flexibility index (Phi) is 7.18. The summed E-state index contributed by atoms with van der Waals surface area (Å²) in [5, 5.41) is 10.4. The number of hydrogen-bond acceptors (Lipinski definition) is 1. The van der Waals surface area contributed by atoms with Gasteiger partial charge in [0, 0.05) is 0 Å². The molecule has 1 fully saturated rings. The lowest BCUT2D eigenvalue weighted by atomic mass is 9.77. The van der Waals surface area contributed by atoms with Crippen molar-refractivity contribution in [3.63, 3.8) is 0 Å². The third-order valence-corrected chi connectivity index (χ3v) is 4.73. The van der Waals surface area contributed by atoms with Gasteiger partial charge in [-0.15, -0.1) is 0 Å². The zero-order valence-electron chi connectivity index (χ0n) is 12.1. The van der Waals surface area contributed by atoms with Crippen LogP contribution in [0, 0.1) is 17.8 Å². The summed E-state index contributed by atoms with van der Waals surface area (Å²) >= 11 is 0. The van der Waals surface area contributed by atoms with Crippen LogP contribution in [0.5, 0.6) is 0 Å². The van der Waals surface area contributed by atoms with Crippen molar-refractivity contribution >= 4 is 0 Å². The van der Waals surface area contributed by atoms with E-state index in [0.29, 0.717) is 11.8 Å². The van der Waals surface area contributed by atoms with Gasteiger partial charge >= 0.3 is 0 Å². The van der Waals surface area contributed by atoms with Crippen molar-refractivity contribution in [3.8, 4) is 0 Å². The van der Waals surface area contributed by atoms with Crippen molar-refractivity contribution in [3.05, 3.63) is 0 Å². The van der Waals surface area contributed by atoms with Gasteiger partial charge in [-0.05, 0) is 30.6 Å². The number of aliphatic hydroxyl groups is 1. The van der Waals surface area contributed by atoms with E-state index in [1.54, 1.807) is 0 Å². The lowest BCUT2D eigenvalue weighted by Gasteiger charge is -2.31. The number of aliphatic hydroxyl groups excluding tert-OH is 1. The third kappa shape index (κ3) is 4.99. The van der Waals surface area contributed by atoms with Crippen molar-refractivity contribution in [2.75, 3.05) is 0 Å². The average molecular weight is 240 g/mol. The molecule has 1 rings (SSSR count). The number of hydrogen-bond donors (Lipinski definition) is 1. The molecule has 3 atom stereocenters. The van der Waals surface area contributed by atoms with Crippen LogP contribution < -0.4 is 0 Å². The fourth-order valence-electron chi connectivity index (χ4n) is 3.36. The second kappa shape index (κ2) is 8.13. The van der Waals surface area contributed by atoms with Crippen molar-refractivity contribution in [2.24, 2.45) is 17.8 Å². The van der Waals surface area contributed by atoms with Crippen LogP contribution in [0.25, 0.3) is 0 Å². The Morgan fingerprint density at radius 1 is 1.12 bits per heavy atom. The SMILES string of the molecule is CCCC(CC1CCCCC1)C(O)C(C)CC. The molecule has 0 bridgehead atoms. The molecule has 0 saturated heterocycles. The predicted octanol–water partition coefficient (Wildman–Crippen LogP) is 4.78. The van der Waals surface area contributed by atoms with Crippen LogP contribution in [0.3, 0.4) is 0 Å². The molecule has 102 valence electrons. The zero-order valence-corrected chi connectivity index (χ0v) is 12.1. The second-order valence-corrected chi connectivity index (χ2v) is 6.16. The summed E-state index contributed by atoms with van der Waals surface area (Å²) in [7, 11) is 0. The van der Waals surface area contributed by atoms with Crippen LogP contribution in [-0.4, -0.2) is 11.2 Å². The second-order valence-electron chi connectivity index (χ2n) is 6.16. The van der Waals surface area contributed by atoms with E-state index in [2.05, 4.69) is 20.8 Å². The van der Waals surface area contributed by atoms with Gasteiger partial charge in [-0.1, -0.05) is 65.7 Å². The summed E-state index contributed by atoms with van der Waals surface area (Å²) in [4.78, 5) is 0. The molecular formula is C16H32O. The molecule has 1 N–H and O–H groups in total. The summed E-state index contributed by atoms with van der Waals surface area (Å²) in [6.45, 7) is 6.64. The molecule has 3 unspecified atom stereocenters. The van der Waals surface area contributed by atoms with Crippen LogP contribution >= 0.6 is 0 Å². The van der Waals surface area contributed by atoms with Gasteiger partial charge in [-0.2, -0.15) is 0 Å². The first-order valence-electron chi connectivity index (χ1n) is 7.87. The summed E-state index contributed by atoms with van der Waals surface area (Å²) in [5.41, 5.74) is 0. The Balaban J connectivity index is 2.45. The molecule has 0 spiro atoms. The van der Waals surface area contributed by atoms with Gasteiger partial charge in [0.1, 0.15) is 0 Å². The lowest BCUT2D eigenvalue weighted by molar-refractivity contribution is 0.0364. The smallest absolute Gasteiger partial charge is 0.0593 e. The first-order chi connectivity index (χ1) is 8.19. The Morgan fingerprint density at radius 3 is 2.29 bits per heavy atom. The Labute approximate surface area is 108 Å². The van der Waals surface area contributed by atoms with Gasteiger partial charge in [0.15, 0.2) is 0 Å². The molecule has 0 aromatic heterocycles. The normalized spacial score (nSPS) is 23.3. The third-order valence-electron chi connectivity index (χ3n) is 4.73. The zero-order chi connectivity index (χ0) is 12.7. The Hall–Kier alpha value is -0.0400. The Bertz CT molecular complexity index is 184. The first kappa shape index (κ1) is 15.0. The van der Waals surface area contributed by atoms with E-state index in [4.69, 9.17) is 0 Å². The molecule has 1 aliphatic rings. The van der Waals surface area contributed by atoms with Gasteiger partial charge < -0.3 is 5.11 Å². The van der Waals surface area contributed by atoms with E-state index in [9.17, 15) is 5.11 Å². The van der Waals surface area contributed by atoms with Crippen LogP contribution in [-0.2, 0) is 0 Å². The highest BCUT2D eigenvalue weighted by Crippen LogP contribution is 2.33. The minimum absolute atomic E-state index is 0.0677. The van der Waals surface area contributed by atoms with Crippen LogP contribution in [0.15, 0.2) is 0 Å². The maximum absolute atomic E-state index is 10.4. The molecule has 0 radical (unpaired) electrons. The van der Waals surface area contributed by atoms with Crippen molar-refractivity contribution in [1.82, 2.24) is 0 Å². The molecule has 0 aliphatic heterocycles. The maximum Gasteiger partial charge on any atom is 0.0593 e. The maximum atomic E-state index is 10.4. The van der Waals surface area contributed by atoms with Gasteiger partial charge in [0.05, 0.1) is 6.10 Å². The van der Waals surface area contributed by atoms with Gasteiger partial charge in [0.25, 0.3) is 0 Å². The summed E-state index contributed by atoms with van der Waals surface area (Å²) in [6.07, 6.45) is 11.8. The van der Waals surface area contributed by atoms with Gasteiger partial charge in [0.2, 0.25) is 0 Å². The highest BCUT2D eigenvalue weighted by atomic mass is 16.3. The van der Waals surface area contributed by atoms with E-state index >= 15 is 0 Å². The molecule has 1 aliphatic carbocycles. The molecular weight excluding hydrogens is 208 g/mol. The molecule has 0 amide bonds. The van der Waals surface area contributed by atoms with Gasteiger partial charge in [-0.25, -0.2) is 0 Å².